The second-order valence-electron chi connectivity index (χ2n) is 4.21. The van der Waals surface area contributed by atoms with Crippen molar-refractivity contribution in [1.29, 1.82) is 0 Å². The molecule has 1 heterocycles. The van der Waals surface area contributed by atoms with Crippen LogP contribution < -0.4 is 5.32 Å². The Morgan fingerprint density at radius 1 is 1.12 bits per heavy atom. The summed E-state index contributed by atoms with van der Waals surface area (Å²) in [7, 11) is 0. The van der Waals surface area contributed by atoms with E-state index in [1.807, 2.05) is 0 Å². The molecular formula is C10H14Cl2N4O. The molecule has 0 bridgehead atoms. The van der Waals surface area contributed by atoms with Crippen molar-refractivity contribution < 1.29 is 5.11 Å². The van der Waals surface area contributed by atoms with E-state index in [-0.39, 0.29) is 17.2 Å². The Morgan fingerprint density at radius 2 is 1.76 bits per heavy atom. The van der Waals surface area contributed by atoms with Crippen LogP contribution in [0.3, 0.4) is 0 Å². The summed E-state index contributed by atoms with van der Waals surface area (Å²) in [5, 5.41) is 12.5. The van der Waals surface area contributed by atoms with Crippen LogP contribution in [0.1, 0.15) is 19.3 Å². The van der Waals surface area contributed by atoms with Gasteiger partial charge in [0.25, 0.3) is 0 Å². The summed E-state index contributed by atoms with van der Waals surface area (Å²) in [6.07, 6.45) is 3.36. The Bertz CT molecular complexity index is 370. The van der Waals surface area contributed by atoms with Crippen LogP contribution in [0.5, 0.6) is 0 Å². The topological polar surface area (TPSA) is 70.9 Å². The Balaban J connectivity index is 1.93. The summed E-state index contributed by atoms with van der Waals surface area (Å²) >= 11 is 11.3. The molecule has 1 aliphatic carbocycles. The molecule has 1 aliphatic rings. The number of hydrogen-bond donors (Lipinski definition) is 2. The van der Waals surface area contributed by atoms with E-state index < -0.39 is 0 Å². The molecule has 0 amide bonds. The molecular weight excluding hydrogens is 263 g/mol. The highest BCUT2D eigenvalue weighted by molar-refractivity contribution is 6.31. The molecule has 0 radical (unpaired) electrons. The van der Waals surface area contributed by atoms with E-state index >= 15 is 0 Å². The summed E-state index contributed by atoms with van der Waals surface area (Å²) in [5.41, 5.74) is 0. The summed E-state index contributed by atoms with van der Waals surface area (Å²) in [6.45, 7) is 0.965. The molecule has 1 saturated carbocycles. The highest BCUT2D eigenvalue weighted by Gasteiger charge is 2.26. The van der Waals surface area contributed by atoms with Crippen molar-refractivity contribution in [3.05, 3.63) is 10.6 Å². The molecule has 94 valence electrons. The number of hydrogen-bond acceptors (Lipinski definition) is 5. The van der Waals surface area contributed by atoms with Crippen molar-refractivity contribution in [3.63, 3.8) is 0 Å². The molecule has 5 nitrogen and oxygen atoms in total. The number of rotatable bonds is 4. The van der Waals surface area contributed by atoms with Crippen LogP contribution in [-0.4, -0.2) is 33.2 Å². The first kappa shape index (κ1) is 12.8. The number of aliphatic hydroxyl groups is 1. The molecule has 2 rings (SSSR count). The minimum Gasteiger partial charge on any atom is -0.396 e. The van der Waals surface area contributed by atoms with Crippen molar-refractivity contribution in [2.75, 3.05) is 18.5 Å². The summed E-state index contributed by atoms with van der Waals surface area (Å²) < 4.78 is 0. The lowest BCUT2D eigenvalue weighted by atomic mass is 9.97. The molecule has 1 fully saturated rings. The fourth-order valence-corrected chi connectivity index (χ4v) is 2.61. The van der Waals surface area contributed by atoms with Gasteiger partial charge in [0, 0.05) is 13.2 Å². The number of anilines is 1. The van der Waals surface area contributed by atoms with Crippen molar-refractivity contribution in [1.82, 2.24) is 15.0 Å². The minimum absolute atomic E-state index is 0.0811. The molecule has 1 aromatic heterocycles. The summed E-state index contributed by atoms with van der Waals surface area (Å²) in [6, 6.07) is 0. The lowest BCUT2D eigenvalue weighted by Crippen LogP contribution is -2.21. The molecule has 2 atom stereocenters. The van der Waals surface area contributed by atoms with Crippen LogP contribution in [0.25, 0.3) is 0 Å². The Hall–Kier alpha value is -0.650. The summed E-state index contributed by atoms with van der Waals surface area (Å²) in [5.74, 6) is 1.21. The van der Waals surface area contributed by atoms with Crippen molar-refractivity contribution in [3.8, 4) is 0 Å². The minimum atomic E-state index is 0.0811. The predicted molar refractivity (Wildman–Crippen MR) is 66.3 cm³/mol. The van der Waals surface area contributed by atoms with Crippen LogP contribution in [0.2, 0.25) is 10.6 Å². The zero-order valence-electron chi connectivity index (χ0n) is 9.24. The molecule has 0 spiro atoms. The van der Waals surface area contributed by atoms with Gasteiger partial charge >= 0.3 is 0 Å². The van der Waals surface area contributed by atoms with Gasteiger partial charge in [-0.05, 0) is 47.9 Å². The van der Waals surface area contributed by atoms with E-state index in [1.54, 1.807) is 0 Å². The van der Waals surface area contributed by atoms with Gasteiger partial charge in [0.05, 0.1) is 0 Å². The van der Waals surface area contributed by atoms with Gasteiger partial charge in [0.1, 0.15) is 0 Å². The Kier molecular flexibility index (Phi) is 4.36. The van der Waals surface area contributed by atoms with E-state index in [0.29, 0.717) is 17.8 Å². The van der Waals surface area contributed by atoms with Crippen LogP contribution in [0.4, 0.5) is 5.95 Å². The van der Waals surface area contributed by atoms with Crippen LogP contribution >= 0.6 is 23.2 Å². The molecule has 0 aromatic carbocycles. The average Bonchev–Trinajstić information content (AvgIpc) is 2.72. The van der Waals surface area contributed by atoms with E-state index in [1.165, 1.54) is 0 Å². The summed E-state index contributed by atoms with van der Waals surface area (Å²) in [4.78, 5) is 11.5. The predicted octanol–water partition coefficient (Wildman–Crippen LogP) is 2.00. The van der Waals surface area contributed by atoms with Crippen molar-refractivity contribution in [2.24, 2.45) is 11.8 Å². The first-order valence-electron chi connectivity index (χ1n) is 5.61. The molecule has 2 unspecified atom stereocenters. The van der Waals surface area contributed by atoms with E-state index in [4.69, 9.17) is 23.2 Å². The highest BCUT2D eigenvalue weighted by Crippen LogP contribution is 2.31. The number of aliphatic hydroxyl groups excluding tert-OH is 1. The second-order valence-corrected chi connectivity index (χ2v) is 4.89. The SMILES string of the molecule is OCC1CCCC1CNc1nc(Cl)nc(Cl)n1. The van der Waals surface area contributed by atoms with E-state index in [0.717, 1.165) is 25.8 Å². The Labute approximate surface area is 110 Å². The molecule has 1 aromatic rings. The fraction of sp³-hybridized carbons (Fsp3) is 0.700. The van der Waals surface area contributed by atoms with E-state index in [2.05, 4.69) is 20.3 Å². The van der Waals surface area contributed by atoms with Gasteiger partial charge in [0.2, 0.25) is 16.5 Å². The van der Waals surface area contributed by atoms with Gasteiger partial charge in [-0.1, -0.05) is 6.42 Å². The van der Waals surface area contributed by atoms with Crippen LogP contribution in [-0.2, 0) is 0 Å². The molecule has 2 N–H and O–H groups in total. The Morgan fingerprint density at radius 3 is 2.41 bits per heavy atom. The monoisotopic (exact) mass is 276 g/mol. The standard InChI is InChI=1S/C10H14Cl2N4O/c11-8-14-9(12)16-10(15-8)13-4-6-2-1-3-7(6)5-17/h6-7,17H,1-5H2,(H,13,14,15,16). The van der Waals surface area contributed by atoms with Crippen LogP contribution in [0, 0.1) is 11.8 Å². The number of aromatic nitrogens is 3. The largest absolute Gasteiger partial charge is 0.396 e. The fourth-order valence-electron chi connectivity index (χ4n) is 2.25. The smallest absolute Gasteiger partial charge is 0.228 e. The van der Waals surface area contributed by atoms with Gasteiger partial charge < -0.3 is 10.4 Å². The maximum absolute atomic E-state index is 9.21. The lowest BCUT2D eigenvalue weighted by molar-refractivity contribution is 0.199. The first-order valence-corrected chi connectivity index (χ1v) is 6.36. The molecule has 0 saturated heterocycles. The molecule has 17 heavy (non-hydrogen) atoms. The van der Waals surface area contributed by atoms with Crippen molar-refractivity contribution >= 4 is 29.2 Å². The number of halogens is 2. The van der Waals surface area contributed by atoms with Gasteiger partial charge in [-0.3, -0.25) is 0 Å². The van der Waals surface area contributed by atoms with Gasteiger partial charge in [0.15, 0.2) is 0 Å². The lowest BCUT2D eigenvalue weighted by Gasteiger charge is -2.17. The number of nitrogens with one attached hydrogen (secondary N) is 1. The molecule has 7 heteroatoms. The van der Waals surface area contributed by atoms with Crippen LogP contribution in [0.15, 0.2) is 0 Å². The quantitative estimate of drug-likeness (QED) is 0.880. The zero-order valence-corrected chi connectivity index (χ0v) is 10.7. The van der Waals surface area contributed by atoms with Crippen molar-refractivity contribution in [2.45, 2.75) is 19.3 Å². The van der Waals surface area contributed by atoms with Gasteiger partial charge in [-0.2, -0.15) is 15.0 Å². The normalized spacial score (nSPS) is 23.9. The third-order valence-electron chi connectivity index (χ3n) is 3.15. The maximum atomic E-state index is 9.21. The average molecular weight is 277 g/mol. The second kappa shape index (κ2) is 5.80. The van der Waals surface area contributed by atoms with E-state index in [9.17, 15) is 5.11 Å². The number of nitrogens with zero attached hydrogens (tertiary/aromatic N) is 3. The maximum Gasteiger partial charge on any atom is 0.228 e. The highest BCUT2D eigenvalue weighted by atomic mass is 35.5. The molecule has 0 aliphatic heterocycles. The third kappa shape index (κ3) is 3.40. The third-order valence-corrected chi connectivity index (χ3v) is 3.49. The first-order chi connectivity index (χ1) is 8.19. The van der Waals surface area contributed by atoms with Gasteiger partial charge in [-0.25, -0.2) is 0 Å². The van der Waals surface area contributed by atoms with Gasteiger partial charge in [-0.15, -0.1) is 0 Å². The zero-order chi connectivity index (χ0) is 12.3.